The van der Waals surface area contributed by atoms with Crippen molar-refractivity contribution in [3.8, 4) is 0 Å². The molecular weight excluding hydrogens is 301 g/mol. The fourth-order valence-electron chi connectivity index (χ4n) is 1.33. The topological polar surface area (TPSA) is 64.1 Å². The van der Waals surface area contributed by atoms with Gasteiger partial charge in [0.15, 0.2) is 4.34 Å². The highest BCUT2D eigenvalue weighted by atomic mass is 32.2. The lowest BCUT2D eigenvalue weighted by Crippen LogP contribution is -2.06. The number of nitrogens with one attached hydrogen (secondary N) is 1. The van der Waals surface area contributed by atoms with Crippen LogP contribution in [-0.2, 0) is 9.53 Å². The molecule has 0 saturated carbocycles. The number of ether oxygens (including phenoxy) is 1. The van der Waals surface area contributed by atoms with Gasteiger partial charge in [-0.05, 0) is 25.1 Å². The molecule has 0 unspecified atom stereocenters. The lowest BCUT2D eigenvalue weighted by Gasteiger charge is -2.00. The highest BCUT2D eigenvalue weighted by Crippen LogP contribution is 2.27. The molecule has 0 fully saturated rings. The zero-order valence-corrected chi connectivity index (χ0v) is 12.3. The fourth-order valence-corrected chi connectivity index (χ4v) is 2.90. The first-order valence-corrected chi connectivity index (χ1v) is 7.62. The number of esters is 1. The first-order chi connectivity index (χ1) is 9.67. The van der Waals surface area contributed by atoms with Crippen LogP contribution < -0.4 is 5.32 Å². The molecule has 5 nitrogen and oxygen atoms in total. The molecule has 0 aliphatic heterocycles. The van der Waals surface area contributed by atoms with Gasteiger partial charge in [0.25, 0.3) is 0 Å². The molecule has 1 aromatic carbocycles. The van der Waals surface area contributed by atoms with Crippen molar-refractivity contribution in [2.75, 3.05) is 17.7 Å². The van der Waals surface area contributed by atoms with Gasteiger partial charge in [0.1, 0.15) is 5.82 Å². The molecular formula is C12H12FN3O2S2. The van der Waals surface area contributed by atoms with Gasteiger partial charge in [-0.3, -0.25) is 4.79 Å². The zero-order valence-electron chi connectivity index (χ0n) is 10.6. The lowest BCUT2D eigenvalue weighted by molar-refractivity contribution is -0.139. The SMILES string of the molecule is CCOC(=O)CSc1nnc(Nc2cccc(F)c2)s1. The van der Waals surface area contributed by atoms with Crippen molar-refractivity contribution in [1.82, 2.24) is 10.2 Å². The Morgan fingerprint density at radius 2 is 2.35 bits per heavy atom. The Morgan fingerprint density at radius 1 is 1.50 bits per heavy atom. The molecule has 0 aliphatic rings. The number of nitrogens with zero attached hydrogens (tertiary/aromatic N) is 2. The molecule has 1 aromatic heterocycles. The third kappa shape index (κ3) is 4.46. The van der Waals surface area contributed by atoms with E-state index in [0.29, 0.717) is 21.8 Å². The molecule has 0 bridgehead atoms. The van der Waals surface area contributed by atoms with Gasteiger partial charge in [-0.25, -0.2) is 4.39 Å². The predicted octanol–water partition coefficient (Wildman–Crippen LogP) is 3.08. The fraction of sp³-hybridized carbons (Fsp3) is 0.250. The summed E-state index contributed by atoms with van der Waals surface area (Å²) in [7, 11) is 0. The average Bonchev–Trinajstić information content (AvgIpc) is 2.84. The van der Waals surface area contributed by atoms with E-state index in [2.05, 4.69) is 15.5 Å². The number of anilines is 2. The van der Waals surface area contributed by atoms with E-state index >= 15 is 0 Å². The second kappa shape index (κ2) is 7.20. The van der Waals surface area contributed by atoms with Gasteiger partial charge in [-0.1, -0.05) is 29.2 Å². The van der Waals surface area contributed by atoms with Crippen LogP contribution in [0, 0.1) is 5.82 Å². The third-order valence-electron chi connectivity index (χ3n) is 2.10. The first-order valence-electron chi connectivity index (χ1n) is 5.82. The summed E-state index contributed by atoms with van der Waals surface area (Å²) in [5.74, 6) is -0.411. The van der Waals surface area contributed by atoms with E-state index in [4.69, 9.17) is 4.74 Å². The molecule has 1 heterocycles. The van der Waals surface area contributed by atoms with Crippen molar-refractivity contribution in [3.63, 3.8) is 0 Å². The van der Waals surface area contributed by atoms with Gasteiger partial charge in [-0.2, -0.15) is 0 Å². The minimum Gasteiger partial charge on any atom is -0.465 e. The van der Waals surface area contributed by atoms with Crippen molar-refractivity contribution < 1.29 is 13.9 Å². The maximum absolute atomic E-state index is 13.0. The number of aromatic nitrogens is 2. The Morgan fingerprint density at radius 3 is 3.10 bits per heavy atom. The van der Waals surface area contributed by atoms with Gasteiger partial charge in [0.05, 0.1) is 12.4 Å². The molecule has 0 amide bonds. The van der Waals surface area contributed by atoms with Crippen LogP contribution in [0.5, 0.6) is 0 Å². The normalized spacial score (nSPS) is 10.3. The summed E-state index contributed by atoms with van der Waals surface area (Å²) in [6.07, 6.45) is 0. The Labute approximate surface area is 123 Å². The molecule has 0 spiro atoms. The van der Waals surface area contributed by atoms with Crippen LogP contribution >= 0.6 is 23.1 Å². The summed E-state index contributed by atoms with van der Waals surface area (Å²) in [4.78, 5) is 11.2. The molecule has 1 N–H and O–H groups in total. The monoisotopic (exact) mass is 313 g/mol. The van der Waals surface area contributed by atoms with E-state index in [0.717, 1.165) is 0 Å². The van der Waals surface area contributed by atoms with Crippen molar-refractivity contribution in [3.05, 3.63) is 30.1 Å². The van der Waals surface area contributed by atoms with Crippen molar-refractivity contribution >= 4 is 39.9 Å². The maximum Gasteiger partial charge on any atom is 0.316 e. The summed E-state index contributed by atoms with van der Waals surface area (Å²) >= 11 is 2.55. The van der Waals surface area contributed by atoms with Crippen LogP contribution in [0.2, 0.25) is 0 Å². The molecule has 0 radical (unpaired) electrons. The van der Waals surface area contributed by atoms with Crippen LogP contribution in [0.15, 0.2) is 28.6 Å². The van der Waals surface area contributed by atoms with E-state index in [1.54, 1.807) is 19.1 Å². The second-order valence-electron chi connectivity index (χ2n) is 3.60. The van der Waals surface area contributed by atoms with Crippen molar-refractivity contribution in [2.24, 2.45) is 0 Å². The molecule has 0 aliphatic carbocycles. The second-order valence-corrected chi connectivity index (χ2v) is 5.80. The van der Waals surface area contributed by atoms with Gasteiger partial charge in [0.2, 0.25) is 5.13 Å². The zero-order chi connectivity index (χ0) is 14.4. The number of carbonyl (C=O) groups excluding carboxylic acids is 1. The van der Waals surface area contributed by atoms with Crippen LogP contribution in [0.1, 0.15) is 6.92 Å². The van der Waals surface area contributed by atoms with E-state index in [1.165, 1.54) is 35.2 Å². The van der Waals surface area contributed by atoms with Crippen molar-refractivity contribution in [2.45, 2.75) is 11.3 Å². The quantitative estimate of drug-likeness (QED) is 0.653. The van der Waals surface area contributed by atoms with Crippen molar-refractivity contribution in [1.29, 1.82) is 0 Å². The Hall–Kier alpha value is -1.67. The minimum atomic E-state index is -0.323. The number of hydrogen-bond donors (Lipinski definition) is 1. The predicted molar refractivity (Wildman–Crippen MR) is 76.9 cm³/mol. The van der Waals surface area contributed by atoms with Gasteiger partial charge in [-0.15, -0.1) is 10.2 Å². The molecule has 20 heavy (non-hydrogen) atoms. The van der Waals surface area contributed by atoms with E-state index in [9.17, 15) is 9.18 Å². The Bertz CT molecular complexity index is 592. The third-order valence-corrected chi connectivity index (χ3v) is 4.05. The smallest absolute Gasteiger partial charge is 0.316 e. The molecule has 2 aromatic rings. The largest absolute Gasteiger partial charge is 0.465 e. The van der Waals surface area contributed by atoms with Crippen LogP contribution in [0.4, 0.5) is 15.2 Å². The van der Waals surface area contributed by atoms with Gasteiger partial charge >= 0.3 is 5.97 Å². The highest BCUT2D eigenvalue weighted by molar-refractivity contribution is 8.01. The summed E-state index contributed by atoms with van der Waals surface area (Å²) in [5, 5.41) is 11.4. The standard InChI is InChI=1S/C12H12FN3O2S2/c1-2-18-10(17)7-19-12-16-15-11(20-12)14-9-5-3-4-8(13)6-9/h3-6H,2,7H2,1H3,(H,14,15). The molecule has 0 saturated heterocycles. The number of carbonyl (C=O) groups is 1. The first kappa shape index (κ1) is 14.7. The van der Waals surface area contributed by atoms with E-state index in [1.807, 2.05) is 0 Å². The van der Waals surface area contributed by atoms with E-state index < -0.39 is 0 Å². The number of thioether (sulfide) groups is 1. The summed E-state index contributed by atoms with van der Waals surface area (Å²) in [6.45, 7) is 2.12. The molecule has 2 rings (SSSR count). The molecule has 106 valence electrons. The van der Waals surface area contributed by atoms with E-state index in [-0.39, 0.29) is 17.5 Å². The lowest BCUT2D eigenvalue weighted by atomic mass is 10.3. The maximum atomic E-state index is 13.0. The average molecular weight is 313 g/mol. The Kier molecular flexibility index (Phi) is 5.31. The number of rotatable bonds is 6. The van der Waals surface area contributed by atoms with Gasteiger partial charge in [0, 0.05) is 5.69 Å². The minimum absolute atomic E-state index is 0.197. The molecule has 0 atom stereocenters. The van der Waals surface area contributed by atoms with Crippen LogP contribution in [0.3, 0.4) is 0 Å². The Balaban J connectivity index is 1.90. The number of hydrogen-bond acceptors (Lipinski definition) is 7. The summed E-state index contributed by atoms with van der Waals surface area (Å²) in [6, 6.07) is 6.07. The van der Waals surface area contributed by atoms with Crippen LogP contribution in [-0.4, -0.2) is 28.5 Å². The summed E-state index contributed by atoms with van der Waals surface area (Å²) < 4.78 is 18.5. The summed E-state index contributed by atoms with van der Waals surface area (Å²) in [5.41, 5.74) is 0.600. The highest BCUT2D eigenvalue weighted by Gasteiger charge is 2.09. The number of halogens is 1. The van der Waals surface area contributed by atoms with Crippen LogP contribution in [0.25, 0.3) is 0 Å². The van der Waals surface area contributed by atoms with Gasteiger partial charge < -0.3 is 10.1 Å². The molecule has 8 heteroatoms. The number of benzene rings is 1.